The smallest absolute Gasteiger partial charge is 0.294 e. The number of ether oxygens (including phenoxy) is 1. The quantitative estimate of drug-likeness (QED) is 0.259. The van der Waals surface area contributed by atoms with Gasteiger partial charge in [0.05, 0.1) is 33.3 Å². The van der Waals surface area contributed by atoms with Gasteiger partial charge in [-0.1, -0.05) is 60.7 Å². The third-order valence-corrected chi connectivity index (χ3v) is 8.33. The minimum atomic E-state index is -4.39. The van der Waals surface area contributed by atoms with Gasteiger partial charge < -0.3 is 9.64 Å². The Morgan fingerprint density at radius 3 is 2.02 bits per heavy atom. The molecule has 0 unspecified atom stereocenters. The number of benzene rings is 3. The molecule has 2 N–H and O–H groups in total. The maximum absolute atomic E-state index is 13.3. The lowest BCUT2D eigenvalue weighted by atomic mass is 10.1. The Morgan fingerprint density at radius 2 is 1.44 bits per heavy atom. The van der Waals surface area contributed by atoms with Gasteiger partial charge in [-0.3, -0.25) is 13.9 Å². The maximum atomic E-state index is 13.3. The molecule has 3 aromatic carbocycles. The number of allylic oxidation sites excluding steroid dienone is 2. The molecule has 0 aromatic heterocycles. The standard InChI is InChI=1S/C30H27N3O8S2/c1-21-26(30(34)33(31-21)24-13-15-25(16-14-24)43(38,39)40)17-18-27-32(19-8-20-42(35,36)37)28(22-9-4-2-5-10-22)29(41-27)23-11-6-3-7-12-23/h2-7,9-18H,8,19-20H2,1H3,(H,35,36,37)(H,38,39,40)/b26-17+,27-18-. The Labute approximate surface area is 249 Å². The molecule has 43 heavy (non-hydrogen) atoms. The van der Waals surface area contributed by atoms with Gasteiger partial charge in [0, 0.05) is 17.7 Å². The van der Waals surface area contributed by atoms with Crippen LogP contribution in [0.4, 0.5) is 5.69 Å². The topological polar surface area (TPSA) is 154 Å². The van der Waals surface area contributed by atoms with Crippen molar-refractivity contribution in [1.29, 1.82) is 0 Å². The molecule has 0 spiro atoms. The van der Waals surface area contributed by atoms with E-state index in [2.05, 4.69) is 5.10 Å². The van der Waals surface area contributed by atoms with Crippen LogP contribution in [0.25, 0.3) is 11.5 Å². The second-order valence-corrected chi connectivity index (χ2v) is 12.7. The molecule has 0 radical (unpaired) electrons. The van der Waals surface area contributed by atoms with Crippen molar-refractivity contribution >= 4 is 49.0 Å². The van der Waals surface area contributed by atoms with Gasteiger partial charge in [-0.2, -0.15) is 26.9 Å². The fraction of sp³-hybridized carbons (Fsp3) is 0.133. The highest BCUT2D eigenvalue weighted by molar-refractivity contribution is 7.86. The van der Waals surface area contributed by atoms with Gasteiger partial charge in [-0.15, -0.1) is 0 Å². The molecular weight excluding hydrogens is 594 g/mol. The summed E-state index contributed by atoms with van der Waals surface area (Å²) in [5, 5.41) is 5.43. The molecule has 0 fully saturated rings. The monoisotopic (exact) mass is 621 g/mol. The summed E-state index contributed by atoms with van der Waals surface area (Å²) in [6.07, 6.45) is 3.25. The van der Waals surface area contributed by atoms with Crippen molar-refractivity contribution in [3.05, 3.63) is 120 Å². The lowest BCUT2D eigenvalue weighted by Gasteiger charge is -2.21. The molecule has 0 saturated heterocycles. The van der Waals surface area contributed by atoms with E-state index >= 15 is 0 Å². The van der Waals surface area contributed by atoms with E-state index in [4.69, 9.17) is 4.74 Å². The van der Waals surface area contributed by atoms with E-state index in [1.165, 1.54) is 24.3 Å². The zero-order valence-electron chi connectivity index (χ0n) is 22.9. The van der Waals surface area contributed by atoms with Crippen LogP contribution in [0.2, 0.25) is 0 Å². The Balaban J connectivity index is 1.51. The Bertz CT molecular complexity index is 1880. The molecule has 1 amide bonds. The van der Waals surface area contributed by atoms with Crippen LogP contribution < -0.4 is 5.01 Å². The number of rotatable bonds is 9. The van der Waals surface area contributed by atoms with E-state index in [1.54, 1.807) is 24.0 Å². The number of amides is 1. The normalized spacial score (nSPS) is 17.7. The van der Waals surface area contributed by atoms with Gasteiger partial charge in [0.25, 0.3) is 26.1 Å². The second-order valence-electron chi connectivity index (χ2n) is 9.66. The largest absolute Gasteiger partial charge is 0.438 e. The van der Waals surface area contributed by atoms with Crippen molar-refractivity contribution in [2.45, 2.75) is 18.2 Å². The number of hydrogen-bond donors (Lipinski definition) is 2. The number of nitrogens with zero attached hydrogens (tertiary/aromatic N) is 3. The number of carbonyl (C=O) groups excluding carboxylic acids is 1. The molecule has 0 atom stereocenters. The summed E-state index contributed by atoms with van der Waals surface area (Å²) in [5.41, 5.74) is 3.25. The van der Waals surface area contributed by atoms with Crippen molar-refractivity contribution in [3.63, 3.8) is 0 Å². The van der Waals surface area contributed by atoms with Crippen LogP contribution >= 0.6 is 0 Å². The SMILES string of the molecule is CC1=NN(c2ccc(S(=O)(=O)O)cc2)C(=O)/C1=C/C=C1\OC(c2ccccc2)=C(c2ccccc2)N1CCCS(=O)(=O)O. The van der Waals surface area contributed by atoms with Crippen molar-refractivity contribution in [3.8, 4) is 0 Å². The zero-order chi connectivity index (χ0) is 30.8. The summed E-state index contributed by atoms with van der Waals surface area (Å²) in [6, 6.07) is 23.9. The van der Waals surface area contributed by atoms with Gasteiger partial charge >= 0.3 is 0 Å². The Kier molecular flexibility index (Phi) is 8.33. The lowest BCUT2D eigenvalue weighted by Crippen LogP contribution is -2.22. The van der Waals surface area contributed by atoms with Crippen molar-refractivity contribution in [2.75, 3.05) is 17.3 Å². The molecule has 2 heterocycles. The minimum Gasteiger partial charge on any atom is -0.438 e. The Hall–Kier alpha value is -4.56. The third-order valence-electron chi connectivity index (χ3n) is 6.66. The summed E-state index contributed by atoms with van der Waals surface area (Å²) >= 11 is 0. The van der Waals surface area contributed by atoms with Crippen LogP contribution in [0.1, 0.15) is 24.5 Å². The van der Waals surface area contributed by atoms with E-state index in [1.807, 2.05) is 60.7 Å². The first-order valence-electron chi connectivity index (χ1n) is 13.1. The molecule has 11 nitrogen and oxygen atoms in total. The van der Waals surface area contributed by atoms with Crippen LogP contribution in [0.15, 0.2) is 119 Å². The van der Waals surface area contributed by atoms with Gasteiger partial charge in [0.1, 0.15) is 0 Å². The predicted molar refractivity (Wildman–Crippen MR) is 162 cm³/mol. The van der Waals surface area contributed by atoms with E-state index in [-0.39, 0.29) is 23.4 Å². The van der Waals surface area contributed by atoms with Gasteiger partial charge in [0.2, 0.25) is 5.88 Å². The van der Waals surface area contributed by atoms with Crippen LogP contribution in [0, 0.1) is 0 Å². The second kappa shape index (κ2) is 12.0. The third kappa shape index (κ3) is 6.75. The van der Waals surface area contributed by atoms with Gasteiger partial charge in [0.15, 0.2) is 5.76 Å². The van der Waals surface area contributed by atoms with Gasteiger partial charge in [-0.05, 0) is 49.8 Å². The lowest BCUT2D eigenvalue weighted by molar-refractivity contribution is -0.114. The van der Waals surface area contributed by atoms with E-state index in [0.717, 1.165) is 16.1 Å². The average Bonchev–Trinajstić information content (AvgIpc) is 3.47. The predicted octanol–water partition coefficient (Wildman–Crippen LogP) is 4.56. The maximum Gasteiger partial charge on any atom is 0.294 e. The molecule has 13 heteroatoms. The number of hydrogen-bond acceptors (Lipinski definition) is 8. The molecule has 0 bridgehead atoms. The molecule has 222 valence electrons. The van der Waals surface area contributed by atoms with Crippen LogP contribution in [-0.2, 0) is 29.8 Å². The first-order chi connectivity index (χ1) is 20.4. The molecular formula is C30H27N3O8S2. The minimum absolute atomic E-state index is 0.0985. The molecule has 0 saturated carbocycles. The van der Waals surface area contributed by atoms with E-state index in [9.17, 15) is 30.7 Å². The highest BCUT2D eigenvalue weighted by Crippen LogP contribution is 2.41. The molecule has 0 aliphatic carbocycles. The summed E-state index contributed by atoms with van der Waals surface area (Å²) < 4.78 is 70.7. The number of hydrazone groups is 1. The average molecular weight is 622 g/mol. The number of carbonyl (C=O) groups is 1. The van der Waals surface area contributed by atoms with Crippen molar-refractivity contribution in [1.82, 2.24) is 4.90 Å². The van der Waals surface area contributed by atoms with E-state index in [0.29, 0.717) is 28.7 Å². The van der Waals surface area contributed by atoms with Crippen molar-refractivity contribution < 1.29 is 35.5 Å². The van der Waals surface area contributed by atoms with Gasteiger partial charge in [-0.25, -0.2) is 0 Å². The number of anilines is 1. The zero-order valence-corrected chi connectivity index (χ0v) is 24.5. The van der Waals surface area contributed by atoms with Crippen molar-refractivity contribution in [2.24, 2.45) is 5.10 Å². The van der Waals surface area contributed by atoms with Crippen LogP contribution in [0.5, 0.6) is 0 Å². The summed E-state index contributed by atoms with van der Waals surface area (Å²) in [5.74, 6) is -0.0515. The molecule has 2 aliphatic heterocycles. The van der Waals surface area contributed by atoms with Crippen LogP contribution in [-0.4, -0.2) is 54.8 Å². The molecule has 2 aliphatic rings. The fourth-order valence-corrected chi connectivity index (χ4v) is 5.63. The summed E-state index contributed by atoms with van der Waals surface area (Å²) in [7, 11) is -8.59. The summed E-state index contributed by atoms with van der Waals surface area (Å²) in [6.45, 7) is 1.83. The fourth-order valence-electron chi connectivity index (χ4n) is 4.66. The highest BCUT2D eigenvalue weighted by atomic mass is 32.2. The highest BCUT2D eigenvalue weighted by Gasteiger charge is 2.32. The summed E-state index contributed by atoms with van der Waals surface area (Å²) in [4.78, 5) is 14.8. The van der Waals surface area contributed by atoms with Crippen LogP contribution in [0.3, 0.4) is 0 Å². The Morgan fingerprint density at radius 1 is 0.837 bits per heavy atom. The molecule has 3 aromatic rings. The molecule has 5 rings (SSSR count). The van der Waals surface area contributed by atoms with E-state index < -0.39 is 31.9 Å². The first-order valence-corrected chi connectivity index (χ1v) is 16.1. The first kappa shape index (κ1) is 29.9.